The van der Waals surface area contributed by atoms with Crippen molar-refractivity contribution in [3.8, 4) is 5.75 Å². The number of carbonyl (C=O) groups excluding carboxylic acids is 2. The van der Waals surface area contributed by atoms with Crippen molar-refractivity contribution in [3.63, 3.8) is 0 Å². The summed E-state index contributed by atoms with van der Waals surface area (Å²) in [6.45, 7) is 8.39. The maximum absolute atomic E-state index is 14.0. The first-order valence-electron chi connectivity index (χ1n) is 15.1. The third-order valence-electron chi connectivity index (χ3n) is 8.50. The topological polar surface area (TPSA) is 61.9 Å². The van der Waals surface area contributed by atoms with Crippen molar-refractivity contribution in [2.24, 2.45) is 0 Å². The lowest BCUT2D eigenvalue weighted by atomic mass is 9.82. The van der Waals surface area contributed by atoms with E-state index >= 15 is 0 Å². The number of hydrogen-bond acceptors (Lipinski definition) is 4. The number of likely N-dealkylation sites (N-methyl/N-ethyl adjacent to an activating group) is 1. The quantitative estimate of drug-likeness (QED) is 0.354. The molecule has 0 saturated carbocycles. The van der Waals surface area contributed by atoms with E-state index < -0.39 is 0 Å². The van der Waals surface area contributed by atoms with E-state index in [1.54, 1.807) is 6.92 Å². The van der Waals surface area contributed by atoms with Crippen molar-refractivity contribution in [2.45, 2.75) is 58.0 Å². The highest BCUT2D eigenvalue weighted by molar-refractivity contribution is 6.03. The normalized spacial score (nSPS) is 18.3. The van der Waals surface area contributed by atoms with E-state index in [0.29, 0.717) is 38.6 Å². The Morgan fingerprint density at radius 1 is 0.929 bits per heavy atom. The van der Waals surface area contributed by atoms with Crippen LogP contribution in [-0.2, 0) is 22.4 Å². The lowest BCUT2D eigenvalue weighted by Gasteiger charge is -2.44. The van der Waals surface area contributed by atoms with E-state index in [1.807, 2.05) is 47.2 Å². The molecule has 220 valence electrons. The number of para-hydroxylation sites is 1. The number of hydrogen-bond donors (Lipinski definition) is 1. The number of nitrogens with one attached hydrogen (secondary N) is 1. The SMILES string of the molecule is CC(=O)N1C[C@H]2CC(c3ccc(CCOc4ccccc4C(C)C)cc3)=C(C(=O)N(C)CCc3ccccc3)[C@@H](C1)N2. The third kappa shape index (κ3) is 6.93. The first-order valence-corrected chi connectivity index (χ1v) is 15.1. The van der Waals surface area contributed by atoms with Gasteiger partial charge in [0.2, 0.25) is 5.91 Å². The number of ether oxygens (including phenoxy) is 1. The molecule has 5 rings (SSSR count). The van der Waals surface area contributed by atoms with Crippen LogP contribution in [0.4, 0.5) is 0 Å². The zero-order valence-corrected chi connectivity index (χ0v) is 25.3. The van der Waals surface area contributed by atoms with E-state index in [-0.39, 0.29) is 23.9 Å². The summed E-state index contributed by atoms with van der Waals surface area (Å²) in [4.78, 5) is 30.0. The number of rotatable bonds is 10. The molecule has 0 aliphatic carbocycles. The van der Waals surface area contributed by atoms with E-state index in [2.05, 4.69) is 67.7 Å². The van der Waals surface area contributed by atoms with Gasteiger partial charge in [-0.3, -0.25) is 9.59 Å². The van der Waals surface area contributed by atoms with Gasteiger partial charge < -0.3 is 19.9 Å². The molecule has 2 aliphatic rings. The van der Waals surface area contributed by atoms with Gasteiger partial charge in [0.15, 0.2) is 0 Å². The molecule has 2 amide bonds. The van der Waals surface area contributed by atoms with Gasteiger partial charge in [0.05, 0.1) is 12.6 Å². The molecule has 6 nitrogen and oxygen atoms in total. The largest absolute Gasteiger partial charge is 0.493 e. The highest BCUT2D eigenvalue weighted by atomic mass is 16.5. The average molecular weight is 566 g/mol. The molecule has 1 saturated heterocycles. The van der Waals surface area contributed by atoms with Crippen LogP contribution in [0.15, 0.2) is 84.4 Å². The van der Waals surface area contributed by atoms with Crippen molar-refractivity contribution in [1.29, 1.82) is 0 Å². The molecule has 3 aromatic rings. The number of benzene rings is 3. The van der Waals surface area contributed by atoms with Gasteiger partial charge in [0.1, 0.15) is 5.75 Å². The van der Waals surface area contributed by atoms with Crippen LogP contribution in [0.5, 0.6) is 5.75 Å². The Morgan fingerprint density at radius 3 is 2.33 bits per heavy atom. The molecule has 2 aliphatic heterocycles. The molecule has 0 spiro atoms. The first-order chi connectivity index (χ1) is 20.3. The Hall–Kier alpha value is -3.90. The van der Waals surface area contributed by atoms with Crippen LogP contribution in [0.2, 0.25) is 0 Å². The highest BCUT2D eigenvalue weighted by Gasteiger charge is 2.39. The molecule has 2 atom stereocenters. The molecule has 1 N–H and O–H groups in total. The summed E-state index contributed by atoms with van der Waals surface area (Å²) < 4.78 is 6.16. The molecule has 2 bridgehead atoms. The Balaban J connectivity index is 1.34. The molecule has 0 aromatic heterocycles. The predicted molar refractivity (Wildman–Crippen MR) is 168 cm³/mol. The van der Waals surface area contributed by atoms with Gasteiger partial charge in [-0.15, -0.1) is 0 Å². The lowest BCUT2D eigenvalue weighted by Crippen LogP contribution is -2.61. The van der Waals surface area contributed by atoms with E-state index in [0.717, 1.165) is 35.3 Å². The second-order valence-corrected chi connectivity index (χ2v) is 11.9. The molecule has 1 fully saturated rings. The fourth-order valence-electron chi connectivity index (χ4n) is 6.11. The van der Waals surface area contributed by atoms with E-state index in [1.165, 1.54) is 16.7 Å². The summed E-state index contributed by atoms with van der Waals surface area (Å²) in [5, 5.41) is 3.65. The summed E-state index contributed by atoms with van der Waals surface area (Å²) >= 11 is 0. The number of piperazine rings is 1. The van der Waals surface area contributed by atoms with Crippen molar-refractivity contribution >= 4 is 17.4 Å². The summed E-state index contributed by atoms with van der Waals surface area (Å²) in [6, 6.07) is 27.1. The number of fused-ring (bicyclic) bond motifs is 2. The van der Waals surface area contributed by atoms with Gasteiger partial charge in [-0.25, -0.2) is 0 Å². The summed E-state index contributed by atoms with van der Waals surface area (Å²) in [5.41, 5.74) is 6.60. The van der Waals surface area contributed by atoms with Gasteiger partial charge in [-0.05, 0) is 52.7 Å². The molecular weight excluding hydrogens is 522 g/mol. The number of amides is 2. The smallest absolute Gasteiger partial charge is 0.251 e. The zero-order valence-electron chi connectivity index (χ0n) is 25.3. The molecule has 3 aromatic carbocycles. The molecule has 0 unspecified atom stereocenters. The van der Waals surface area contributed by atoms with E-state index in [4.69, 9.17) is 4.74 Å². The number of carbonyl (C=O) groups is 2. The Morgan fingerprint density at radius 2 is 1.62 bits per heavy atom. The molecule has 2 heterocycles. The monoisotopic (exact) mass is 565 g/mol. The van der Waals surface area contributed by atoms with Crippen LogP contribution >= 0.6 is 0 Å². The predicted octanol–water partition coefficient (Wildman–Crippen LogP) is 5.48. The second kappa shape index (κ2) is 13.4. The van der Waals surface area contributed by atoms with Crippen LogP contribution in [0.3, 0.4) is 0 Å². The summed E-state index contributed by atoms with van der Waals surface area (Å²) in [7, 11) is 1.88. The van der Waals surface area contributed by atoms with Crippen molar-refractivity contribution in [2.75, 3.05) is 33.3 Å². The average Bonchev–Trinajstić information content (AvgIpc) is 3.00. The van der Waals surface area contributed by atoms with Gasteiger partial charge in [0.25, 0.3) is 5.91 Å². The van der Waals surface area contributed by atoms with Crippen molar-refractivity contribution in [1.82, 2.24) is 15.1 Å². The van der Waals surface area contributed by atoms with Crippen LogP contribution in [0, 0.1) is 0 Å². The summed E-state index contributed by atoms with van der Waals surface area (Å²) in [6.07, 6.45) is 2.31. The minimum atomic E-state index is -0.183. The minimum absolute atomic E-state index is 0.0311. The summed E-state index contributed by atoms with van der Waals surface area (Å²) in [5.74, 6) is 1.45. The Bertz CT molecular complexity index is 1410. The molecule has 0 radical (unpaired) electrons. The Kier molecular flexibility index (Phi) is 9.43. The van der Waals surface area contributed by atoms with Crippen molar-refractivity contribution < 1.29 is 14.3 Å². The Labute approximate surface area is 250 Å². The van der Waals surface area contributed by atoms with Crippen LogP contribution in [0.1, 0.15) is 55.4 Å². The van der Waals surface area contributed by atoms with Gasteiger partial charge in [-0.2, -0.15) is 0 Å². The fraction of sp³-hybridized carbons (Fsp3) is 0.389. The zero-order chi connectivity index (χ0) is 29.6. The fourth-order valence-corrected chi connectivity index (χ4v) is 6.11. The van der Waals surface area contributed by atoms with Crippen LogP contribution in [0.25, 0.3) is 5.57 Å². The third-order valence-corrected chi connectivity index (χ3v) is 8.50. The molecule has 42 heavy (non-hydrogen) atoms. The first kappa shape index (κ1) is 29.6. The van der Waals surface area contributed by atoms with Crippen LogP contribution in [-0.4, -0.2) is 67.0 Å². The van der Waals surface area contributed by atoms with Crippen molar-refractivity contribution in [3.05, 3.63) is 107 Å². The standard InChI is InChI=1S/C36H43N3O3/c1-25(2)31-12-8-9-13-34(31)42-21-19-28-14-16-29(17-15-28)32-22-30-23-39(26(3)40)24-33(37-30)35(32)36(41)38(4)20-18-27-10-6-5-7-11-27/h5-17,25,30,33,37H,18-24H2,1-4H3/t30-,33-/m1/s1. The maximum atomic E-state index is 14.0. The van der Waals surface area contributed by atoms with Gasteiger partial charge >= 0.3 is 0 Å². The maximum Gasteiger partial charge on any atom is 0.251 e. The minimum Gasteiger partial charge on any atom is -0.493 e. The number of nitrogens with zero attached hydrogens (tertiary/aromatic N) is 2. The van der Waals surface area contributed by atoms with E-state index in [9.17, 15) is 9.59 Å². The molecular formula is C36H43N3O3. The van der Waals surface area contributed by atoms with Crippen LogP contribution < -0.4 is 10.1 Å². The molecule has 6 heteroatoms. The van der Waals surface area contributed by atoms with Gasteiger partial charge in [0, 0.05) is 51.6 Å². The lowest BCUT2D eigenvalue weighted by molar-refractivity contribution is -0.132. The second-order valence-electron chi connectivity index (χ2n) is 11.9. The van der Waals surface area contributed by atoms with Gasteiger partial charge in [-0.1, -0.05) is 86.6 Å². The highest BCUT2D eigenvalue weighted by Crippen LogP contribution is 2.34.